The van der Waals surface area contributed by atoms with Gasteiger partial charge >= 0.3 is 6.18 Å². The van der Waals surface area contributed by atoms with Gasteiger partial charge in [0.05, 0.1) is 54.5 Å². The van der Waals surface area contributed by atoms with E-state index in [1.165, 1.54) is 13.0 Å². The molecule has 0 bridgehead atoms. The number of hydrogen-bond donors (Lipinski definition) is 2. The van der Waals surface area contributed by atoms with Crippen LogP contribution in [0.15, 0.2) is 36.8 Å². The predicted octanol–water partition coefficient (Wildman–Crippen LogP) is 3.87. The number of nitrogens with zero attached hydrogens (tertiary/aromatic N) is 5. The molecule has 0 aliphatic carbocycles. The molecule has 4 aromatic rings. The Labute approximate surface area is 212 Å². The summed E-state index contributed by atoms with van der Waals surface area (Å²) in [6, 6.07) is 6.05. The predicted molar refractivity (Wildman–Crippen MR) is 133 cm³/mol. The standard InChI is InChI=1S/C24H25F3N6O2.H2S/c1-14-11-32(6-7-35-14)22-9-17(19-10-28-13-29-19)23-30-20(12-34)21(33(23)31-22)8-16-4-3-5-18(15(16)2)24(25,26)27;/h3-5,9-10,13-14,34H,6-8,11-12H2,1-2H3,(H,28,29);1H2. The second-order valence-electron chi connectivity index (χ2n) is 8.67. The number of benzene rings is 1. The van der Waals surface area contributed by atoms with Crippen molar-refractivity contribution in [2.24, 2.45) is 0 Å². The van der Waals surface area contributed by atoms with Crippen molar-refractivity contribution in [3.8, 4) is 11.3 Å². The highest BCUT2D eigenvalue weighted by atomic mass is 32.1. The van der Waals surface area contributed by atoms with E-state index >= 15 is 0 Å². The first kappa shape index (κ1) is 26.0. The van der Waals surface area contributed by atoms with Gasteiger partial charge in [-0.1, -0.05) is 12.1 Å². The molecule has 0 radical (unpaired) electrons. The van der Waals surface area contributed by atoms with Gasteiger partial charge in [-0.05, 0) is 37.1 Å². The van der Waals surface area contributed by atoms with Crippen LogP contribution in [0, 0.1) is 6.92 Å². The molecule has 0 saturated carbocycles. The maximum Gasteiger partial charge on any atom is 0.416 e. The minimum absolute atomic E-state index is 0. The Morgan fingerprint density at radius 2 is 2.08 bits per heavy atom. The monoisotopic (exact) mass is 520 g/mol. The van der Waals surface area contributed by atoms with Crippen molar-refractivity contribution in [3.63, 3.8) is 0 Å². The zero-order valence-corrected chi connectivity index (χ0v) is 20.8. The number of fused-ring (bicyclic) bond motifs is 1. The Hall–Kier alpha value is -3.09. The van der Waals surface area contributed by atoms with Crippen LogP contribution in [0.4, 0.5) is 19.0 Å². The Bertz CT molecular complexity index is 1360. The number of halogens is 3. The third-order valence-electron chi connectivity index (χ3n) is 6.36. The Balaban J connectivity index is 0.00000304. The van der Waals surface area contributed by atoms with Gasteiger partial charge in [0.1, 0.15) is 0 Å². The van der Waals surface area contributed by atoms with Gasteiger partial charge in [0.15, 0.2) is 11.5 Å². The molecule has 1 aliphatic heterocycles. The van der Waals surface area contributed by atoms with Crippen LogP contribution in [0.1, 0.15) is 35.0 Å². The lowest BCUT2D eigenvalue weighted by Crippen LogP contribution is -2.41. The van der Waals surface area contributed by atoms with E-state index in [1.807, 2.05) is 13.0 Å². The second kappa shape index (κ2) is 10.1. The first-order valence-corrected chi connectivity index (χ1v) is 11.3. The number of ether oxygens (including phenoxy) is 1. The zero-order valence-electron chi connectivity index (χ0n) is 19.8. The summed E-state index contributed by atoms with van der Waals surface area (Å²) in [5.41, 5.74) is 2.80. The number of aliphatic hydroxyl groups excluding tert-OH is 1. The zero-order chi connectivity index (χ0) is 24.7. The van der Waals surface area contributed by atoms with E-state index in [2.05, 4.69) is 19.9 Å². The van der Waals surface area contributed by atoms with Gasteiger partial charge in [0.2, 0.25) is 0 Å². The number of aliphatic hydroxyl groups is 1. The fourth-order valence-corrected chi connectivity index (χ4v) is 4.55. The number of alkyl halides is 3. The van der Waals surface area contributed by atoms with Crippen LogP contribution >= 0.6 is 13.5 Å². The van der Waals surface area contributed by atoms with Crippen LogP contribution in [0.2, 0.25) is 0 Å². The van der Waals surface area contributed by atoms with Crippen molar-refractivity contribution < 1.29 is 23.0 Å². The van der Waals surface area contributed by atoms with Crippen LogP contribution in [0.3, 0.4) is 0 Å². The lowest BCUT2D eigenvalue weighted by molar-refractivity contribution is -0.138. The van der Waals surface area contributed by atoms with Crippen molar-refractivity contribution in [1.29, 1.82) is 0 Å². The quantitative estimate of drug-likeness (QED) is 0.415. The normalized spacial score (nSPS) is 16.4. The lowest BCUT2D eigenvalue weighted by atomic mass is 9.98. The summed E-state index contributed by atoms with van der Waals surface area (Å²) in [6.07, 6.45) is -1.06. The summed E-state index contributed by atoms with van der Waals surface area (Å²) < 4.78 is 47.8. The maximum atomic E-state index is 13.5. The molecule has 1 atom stereocenters. The molecule has 2 N–H and O–H groups in total. The van der Waals surface area contributed by atoms with Crippen molar-refractivity contribution in [3.05, 3.63) is 64.9 Å². The van der Waals surface area contributed by atoms with Crippen LogP contribution in [0.25, 0.3) is 16.9 Å². The number of imidazole rings is 2. The first-order chi connectivity index (χ1) is 16.8. The molecule has 36 heavy (non-hydrogen) atoms. The minimum Gasteiger partial charge on any atom is -0.390 e. The molecule has 1 aliphatic rings. The molecule has 192 valence electrons. The lowest BCUT2D eigenvalue weighted by Gasteiger charge is -2.32. The van der Waals surface area contributed by atoms with Crippen molar-refractivity contribution in [2.45, 2.75) is 39.2 Å². The van der Waals surface area contributed by atoms with Gasteiger partial charge in [0, 0.05) is 25.1 Å². The van der Waals surface area contributed by atoms with Crippen LogP contribution in [-0.4, -0.2) is 55.5 Å². The second-order valence-corrected chi connectivity index (χ2v) is 8.67. The Morgan fingerprint density at radius 3 is 2.75 bits per heavy atom. The van der Waals surface area contributed by atoms with Crippen LogP contribution in [-0.2, 0) is 23.9 Å². The highest BCUT2D eigenvalue weighted by Crippen LogP contribution is 2.34. The van der Waals surface area contributed by atoms with Crippen molar-refractivity contribution in [1.82, 2.24) is 24.6 Å². The number of hydrogen-bond acceptors (Lipinski definition) is 6. The Morgan fingerprint density at radius 1 is 1.28 bits per heavy atom. The highest BCUT2D eigenvalue weighted by Gasteiger charge is 2.33. The van der Waals surface area contributed by atoms with Gasteiger partial charge in [-0.3, -0.25) is 0 Å². The van der Waals surface area contributed by atoms with Gasteiger partial charge in [-0.25, -0.2) is 14.5 Å². The van der Waals surface area contributed by atoms with E-state index in [9.17, 15) is 18.3 Å². The molecular formula is C24H27F3N6O2S. The average molecular weight is 521 g/mol. The first-order valence-electron chi connectivity index (χ1n) is 11.3. The molecule has 5 rings (SSSR count). The van der Waals surface area contributed by atoms with Crippen molar-refractivity contribution >= 4 is 25.0 Å². The molecule has 3 aromatic heterocycles. The number of nitrogens with one attached hydrogen (secondary N) is 1. The fraction of sp³-hybridized carbons (Fsp3) is 0.375. The molecule has 4 heterocycles. The summed E-state index contributed by atoms with van der Waals surface area (Å²) >= 11 is 0. The van der Waals surface area contributed by atoms with Gasteiger partial charge in [-0.2, -0.15) is 26.7 Å². The molecule has 0 amide bonds. The van der Waals surface area contributed by atoms with Crippen LogP contribution < -0.4 is 4.90 Å². The number of aromatic amines is 1. The number of morpholine rings is 1. The van der Waals surface area contributed by atoms with Gasteiger partial charge in [-0.15, -0.1) is 5.10 Å². The number of H-pyrrole nitrogens is 1. The minimum atomic E-state index is -4.45. The number of rotatable bonds is 5. The molecule has 1 fully saturated rings. The molecule has 1 saturated heterocycles. The molecule has 1 aromatic carbocycles. The molecular weight excluding hydrogens is 493 g/mol. The third-order valence-corrected chi connectivity index (χ3v) is 6.36. The number of aromatic nitrogens is 5. The SMILES string of the molecule is Cc1c(Cc2c(CO)nc3c(-c4cnc[nH]4)cc(N4CCOC(C)C4)nn23)cccc1C(F)(F)F.S. The van der Waals surface area contributed by atoms with Crippen LogP contribution in [0.5, 0.6) is 0 Å². The average Bonchev–Trinajstić information content (AvgIpc) is 3.47. The maximum absolute atomic E-state index is 13.5. The fourth-order valence-electron chi connectivity index (χ4n) is 4.55. The largest absolute Gasteiger partial charge is 0.416 e. The molecule has 0 spiro atoms. The van der Waals surface area contributed by atoms with Gasteiger partial charge in [0.25, 0.3) is 0 Å². The Kier molecular flexibility index (Phi) is 7.30. The smallest absolute Gasteiger partial charge is 0.390 e. The van der Waals surface area contributed by atoms with E-state index in [0.717, 1.165) is 17.3 Å². The van der Waals surface area contributed by atoms with E-state index in [1.54, 1.807) is 23.1 Å². The van der Waals surface area contributed by atoms with E-state index in [4.69, 9.17) is 9.84 Å². The third kappa shape index (κ3) is 4.80. The van der Waals surface area contributed by atoms with E-state index in [0.29, 0.717) is 48.1 Å². The molecule has 8 nitrogen and oxygen atoms in total. The van der Waals surface area contributed by atoms with Crippen molar-refractivity contribution in [2.75, 3.05) is 24.6 Å². The molecule has 12 heteroatoms. The summed E-state index contributed by atoms with van der Waals surface area (Å²) in [5, 5.41) is 14.9. The molecule has 1 unspecified atom stereocenters. The summed E-state index contributed by atoms with van der Waals surface area (Å²) in [4.78, 5) is 13.9. The van der Waals surface area contributed by atoms with E-state index in [-0.39, 0.29) is 38.2 Å². The van der Waals surface area contributed by atoms with Gasteiger partial charge < -0.3 is 19.7 Å². The number of anilines is 1. The topological polar surface area (TPSA) is 91.6 Å². The summed E-state index contributed by atoms with van der Waals surface area (Å²) in [7, 11) is 0. The summed E-state index contributed by atoms with van der Waals surface area (Å²) in [5.74, 6) is 0.682. The summed E-state index contributed by atoms with van der Waals surface area (Å²) in [6.45, 7) is 4.93. The highest BCUT2D eigenvalue weighted by molar-refractivity contribution is 7.59. The van der Waals surface area contributed by atoms with E-state index < -0.39 is 11.7 Å².